The Morgan fingerprint density at radius 2 is 2.04 bits per heavy atom. The molecule has 2 aliphatic rings. The zero-order valence-electron chi connectivity index (χ0n) is 16.8. The first-order valence-electron chi connectivity index (χ1n) is 10.2. The summed E-state index contributed by atoms with van der Waals surface area (Å²) >= 11 is 0. The van der Waals surface area contributed by atoms with Crippen LogP contribution in [0.15, 0.2) is 12.2 Å². The molecular weight excluding hydrogens is 366 g/mol. The van der Waals surface area contributed by atoms with E-state index in [9.17, 15) is 9.90 Å². The van der Waals surface area contributed by atoms with E-state index in [0.29, 0.717) is 39.3 Å². The number of rotatable bonds is 13. The Hall–Kier alpha value is -1.03. The van der Waals surface area contributed by atoms with Gasteiger partial charge in [-0.05, 0) is 19.3 Å². The third kappa shape index (κ3) is 7.77. The van der Waals surface area contributed by atoms with Gasteiger partial charge in [0, 0.05) is 45.0 Å². The summed E-state index contributed by atoms with van der Waals surface area (Å²) in [5, 5.41) is 19.4. The number of ether oxygens (including phenoxy) is 4. The van der Waals surface area contributed by atoms with Crippen LogP contribution in [0.3, 0.4) is 0 Å². The van der Waals surface area contributed by atoms with Crippen molar-refractivity contribution in [2.75, 3.05) is 53.4 Å². The normalized spacial score (nSPS) is 28.9. The smallest absolute Gasteiger partial charge is 0.303 e. The number of aliphatic hydroxyl groups excluding tert-OH is 1. The van der Waals surface area contributed by atoms with Crippen LogP contribution in [0.4, 0.5) is 0 Å². The molecule has 0 aromatic rings. The van der Waals surface area contributed by atoms with Crippen molar-refractivity contribution in [1.29, 1.82) is 0 Å². The molecule has 0 unspecified atom stereocenters. The van der Waals surface area contributed by atoms with Gasteiger partial charge in [-0.2, -0.15) is 0 Å². The highest BCUT2D eigenvalue weighted by molar-refractivity contribution is 5.66. The van der Waals surface area contributed by atoms with E-state index < -0.39 is 12.1 Å². The fourth-order valence-corrected chi connectivity index (χ4v) is 4.01. The summed E-state index contributed by atoms with van der Waals surface area (Å²) < 4.78 is 21.8. The number of hydrogen-bond acceptors (Lipinski definition) is 7. The number of morpholine rings is 1. The summed E-state index contributed by atoms with van der Waals surface area (Å²) in [4.78, 5) is 12.9. The number of methoxy groups -OCH3 is 1. The monoisotopic (exact) mass is 401 g/mol. The Morgan fingerprint density at radius 1 is 1.25 bits per heavy atom. The van der Waals surface area contributed by atoms with Gasteiger partial charge in [-0.15, -0.1) is 0 Å². The largest absolute Gasteiger partial charge is 0.481 e. The molecule has 1 aliphatic carbocycles. The third-order valence-electron chi connectivity index (χ3n) is 5.39. The lowest BCUT2D eigenvalue weighted by molar-refractivity contribution is -0.137. The molecule has 0 amide bonds. The van der Waals surface area contributed by atoms with E-state index >= 15 is 0 Å². The van der Waals surface area contributed by atoms with Crippen LogP contribution >= 0.6 is 0 Å². The second-order valence-corrected chi connectivity index (χ2v) is 7.32. The van der Waals surface area contributed by atoms with Crippen molar-refractivity contribution in [1.82, 2.24) is 4.90 Å². The molecule has 0 radical (unpaired) electrons. The van der Waals surface area contributed by atoms with Gasteiger partial charge in [0.15, 0.2) is 0 Å². The minimum absolute atomic E-state index is 0.0385. The Bertz CT molecular complexity index is 467. The van der Waals surface area contributed by atoms with Crippen molar-refractivity contribution in [2.24, 2.45) is 5.92 Å². The van der Waals surface area contributed by atoms with Crippen LogP contribution in [0, 0.1) is 5.92 Å². The molecule has 2 rings (SSSR count). The molecule has 0 spiro atoms. The lowest BCUT2D eigenvalue weighted by Gasteiger charge is -2.37. The van der Waals surface area contributed by atoms with E-state index in [4.69, 9.17) is 24.1 Å². The Labute approximate surface area is 167 Å². The average Bonchev–Trinajstić information content (AvgIpc) is 3.00. The number of carboxylic acids is 1. The molecule has 0 aromatic heterocycles. The van der Waals surface area contributed by atoms with E-state index in [1.54, 1.807) is 7.11 Å². The number of aliphatic hydroxyl groups is 1. The molecular formula is C20H35NO7. The number of hydrogen-bond donors (Lipinski definition) is 2. The summed E-state index contributed by atoms with van der Waals surface area (Å²) in [7, 11) is 1.63. The number of aliphatic carboxylic acids is 1. The van der Waals surface area contributed by atoms with Gasteiger partial charge in [0.1, 0.15) is 6.79 Å². The van der Waals surface area contributed by atoms with E-state index in [2.05, 4.69) is 11.0 Å². The van der Waals surface area contributed by atoms with Crippen molar-refractivity contribution in [3.8, 4) is 0 Å². The van der Waals surface area contributed by atoms with Crippen molar-refractivity contribution in [3.05, 3.63) is 12.2 Å². The van der Waals surface area contributed by atoms with Gasteiger partial charge in [0.25, 0.3) is 0 Å². The summed E-state index contributed by atoms with van der Waals surface area (Å²) in [6, 6.07) is 0.0385. The molecule has 4 atom stereocenters. The van der Waals surface area contributed by atoms with Crippen LogP contribution in [0.1, 0.15) is 32.1 Å². The van der Waals surface area contributed by atoms with E-state index in [1.165, 1.54) is 0 Å². The van der Waals surface area contributed by atoms with E-state index in [0.717, 1.165) is 25.9 Å². The maximum atomic E-state index is 10.7. The van der Waals surface area contributed by atoms with Gasteiger partial charge in [0.2, 0.25) is 0 Å². The highest BCUT2D eigenvalue weighted by atomic mass is 16.7. The van der Waals surface area contributed by atoms with Gasteiger partial charge < -0.3 is 29.2 Å². The van der Waals surface area contributed by atoms with Crippen molar-refractivity contribution in [2.45, 2.75) is 50.4 Å². The zero-order chi connectivity index (χ0) is 20.2. The van der Waals surface area contributed by atoms with E-state index in [1.807, 2.05) is 6.08 Å². The SMILES string of the molecule is COCCOCO[C@@H]1C[C@H](O)[C@@H](N2CCOCC2)[C@@H]1CC=CCCCC(=O)O. The molecule has 8 nitrogen and oxygen atoms in total. The second-order valence-electron chi connectivity index (χ2n) is 7.32. The topological polar surface area (TPSA) is 97.7 Å². The first-order valence-corrected chi connectivity index (χ1v) is 10.2. The van der Waals surface area contributed by atoms with Gasteiger partial charge >= 0.3 is 5.97 Å². The van der Waals surface area contributed by atoms with Crippen LogP contribution in [-0.4, -0.2) is 92.8 Å². The standard InChI is InChI=1S/C20H35NO7/c1-25-12-13-27-15-28-18-14-17(22)20(21-8-10-26-11-9-21)16(18)6-4-2-3-5-7-19(23)24/h2,4,16-18,20,22H,3,5-15H2,1H3,(H,23,24)/t16-,17+,18-,20+/m1/s1. The van der Waals surface area contributed by atoms with Crippen LogP contribution in [0.25, 0.3) is 0 Å². The van der Waals surface area contributed by atoms with Crippen molar-refractivity contribution < 1.29 is 34.0 Å². The maximum absolute atomic E-state index is 10.7. The summed E-state index contributed by atoms with van der Waals surface area (Å²) in [5.41, 5.74) is 0. The third-order valence-corrected chi connectivity index (χ3v) is 5.39. The fraction of sp³-hybridized carbons (Fsp3) is 0.850. The molecule has 0 aromatic carbocycles. The Kier molecular flexibility index (Phi) is 11.0. The molecule has 1 heterocycles. The second kappa shape index (κ2) is 13.2. The summed E-state index contributed by atoms with van der Waals surface area (Å²) in [5.74, 6) is -0.600. The molecule has 2 fully saturated rings. The van der Waals surface area contributed by atoms with Gasteiger partial charge in [-0.25, -0.2) is 0 Å². The average molecular weight is 402 g/mol. The molecule has 8 heteroatoms. The first-order chi connectivity index (χ1) is 13.6. The van der Waals surface area contributed by atoms with Crippen LogP contribution < -0.4 is 0 Å². The molecule has 0 bridgehead atoms. The van der Waals surface area contributed by atoms with Crippen molar-refractivity contribution >= 4 is 5.97 Å². The molecule has 1 saturated heterocycles. The van der Waals surface area contributed by atoms with Gasteiger partial charge in [-0.1, -0.05) is 12.2 Å². The zero-order valence-corrected chi connectivity index (χ0v) is 16.8. The predicted molar refractivity (Wildman–Crippen MR) is 103 cm³/mol. The summed E-state index contributed by atoms with van der Waals surface area (Å²) in [6.07, 6.45) is 6.57. The lowest BCUT2D eigenvalue weighted by Crippen LogP contribution is -2.50. The summed E-state index contributed by atoms with van der Waals surface area (Å²) in [6.45, 7) is 4.20. The molecule has 2 N–H and O–H groups in total. The maximum Gasteiger partial charge on any atom is 0.303 e. The number of unbranched alkanes of at least 4 members (excludes halogenated alkanes) is 1. The molecule has 28 heavy (non-hydrogen) atoms. The van der Waals surface area contributed by atoms with E-state index in [-0.39, 0.29) is 31.3 Å². The Morgan fingerprint density at radius 3 is 2.75 bits per heavy atom. The highest BCUT2D eigenvalue weighted by Gasteiger charge is 2.45. The minimum Gasteiger partial charge on any atom is -0.481 e. The first kappa shape index (κ1) is 23.3. The predicted octanol–water partition coefficient (Wildman–Crippen LogP) is 1.27. The number of carboxylic acid groups (broad SMARTS) is 1. The van der Waals surface area contributed by atoms with Crippen LogP contribution in [-0.2, 0) is 23.7 Å². The number of allylic oxidation sites excluding steroid dienone is 2. The van der Waals surface area contributed by atoms with Gasteiger partial charge in [0.05, 0.1) is 38.6 Å². The number of nitrogens with zero attached hydrogens (tertiary/aromatic N) is 1. The lowest BCUT2D eigenvalue weighted by atomic mass is 9.94. The van der Waals surface area contributed by atoms with Crippen LogP contribution in [0.2, 0.25) is 0 Å². The minimum atomic E-state index is -0.762. The van der Waals surface area contributed by atoms with Crippen LogP contribution in [0.5, 0.6) is 0 Å². The molecule has 1 aliphatic heterocycles. The number of carbonyl (C=O) groups is 1. The van der Waals surface area contributed by atoms with Gasteiger partial charge in [-0.3, -0.25) is 9.69 Å². The Balaban J connectivity index is 1.89. The van der Waals surface area contributed by atoms with Crippen molar-refractivity contribution in [3.63, 3.8) is 0 Å². The molecule has 1 saturated carbocycles. The fourth-order valence-electron chi connectivity index (χ4n) is 4.01. The highest BCUT2D eigenvalue weighted by Crippen LogP contribution is 2.36. The quantitative estimate of drug-likeness (QED) is 0.271. The molecule has 162 valence electrons.